The summed E-state index contributed by atoms with van der Waals surface area (Å²) in [4.78, 5) is 0. The van der Waals surface area contributed by atoms with Crippen molar-refractivity contribution >= 4 is 15.9 Å². The van der Waals surface area contributed by atoms with Gasteiger partial charge in [-0.2, -0.15) is 5.26 Å². The molecule has 0 saturated carbocycles. The number of nitrogens with zero attached hydrogens (tertiary/aromatic N) is 1. The van der Waals surface area contributed by atoms with Crippen molar-refractivity contribution in [2.75, 3.05) is 0 Å². The fourth-order valence-corrected chi connectivity index (χ4v) is 1.70. The minimum atomic E-state index is 0.0269. The molecule has 1 rings (SSSR count). The summed E-state index contributed by atoms with van der Waals surface area (Å²) in [6, 6.07) is 7.75. The van der Waals surface area contributed by atoms with Gasteiger partial charge in [0, 0.05) is 10.5 Å². The Morgan fingerprint density at radius 1 is 1.43 bits per heavy atom. The lowest BCUT2D eigenvalue weighted by Gasteiger charge is -2.16. The van der Waals surface area contributed by atoms with Crippen LogP contribution in [-0.2, 0) is 0 Å². The molecule has 3 heteroatoms. The molecule has 1 unspecified atom stereocenters. The molecular formula is C11H13BrN2. The third-order valence-electron chi connectivity index (χ3n) is 2.22. The highest BCUT2D eigenvalue weighted by Crippen LogP contribution is 2.24. The molecule has 1 atom stereocenters. The van der Waals surface area contributed by atoms with Gasteiger partial charge in [-0.05, 0) is 39.5 Å². The lowest BCUT2D eigenvalue weighted by Crippen LogP contribution is -2.16. The van der Waals surface area contributed by atoms with E-state index < -0.39 is 0 Å². The number of nitriles is 1. The van der Waals surface area contributed by atoms with Crippen molar-refractivity contribution in [3.63, 3.8) is 0 Å². The van der Waals surface area contributed by atoms with Crippen LogP contribution in [0.2, 0.25) is 0 Å². The molecule has 0 aromatic heterocycles. The summed E-state index contributed by atoms with van der Waals surface area (Å²) >= 11 is 3.35. The minimum absolute atomic E-state index is 0.0269. The van der Waals surface area contributed by atoms with Gasteiger partial charge in [0.1, 0.15) is 6.07 Å². The Bertz CT molecular complexity index is 366. The van der Waals surface area contributed by atoms with Crippen molar-refractivity contribution in [2.45, 2.75) is 19.9 Å². The van der Waals surface area contributed by atoms with Crippen molar-refractivity contribution in [3.8, 4) is 6.07 Å². The highest BCUT2D eigenvalue weighted by atomic mass is 79.9. The van der Waals surface area contributed by atoms with Crippen molar-refractivity contribution in [1.29, 1.82) is 5.26 Å². The molecule has 1 aromatic carbocycles. The van der Waals surface area contributed by atoms with Crippen LogP contribution in [0.1, 0.15) is 31.0 Å². The summed E-state index contributed by atoms with van der Waals surface area (Å²) in [5.41, 5.74) is 7.70. The molecule has 0 radical (unpaired) electrons. The third kappa shape index (κ3) is 2.34. The summed E-state index contributed by atoms with van der Waals surface area (Å²) in [6.07, 6.45) is 0. The SMILES string of the molecule is CC(C)C(N)c1ccc(C#N)c(Br)c1. The highest BCUT2D eigenvalue weighted by Gasteiger charge is 2.11. The quantitative estimate of drug-likeness (QED) is 0.880. The lowest BCUT2D eigenvalue weighted by atomic mass is 9.96. The molecule has 2 N–H and O–H groups in total. The molecule has 1 aromatic rings. The lowest BCUT2D eigenvalue weighted by molar-refractivity contribution is 0.514. The molecule has 0 aliphatic carbocycles. The van der Waals surface area contributed by atoms with Gasteiger partial charge in [0.05, 0.1) is 5.56 Å². The minimum Gasteiger partial charge on any atom is -0.324 e. The third-order valence-corrected chi connectivity index (χ3v) is 2.87. The van der Waals surface area contributed by atoms with Gasteiger partial charge in [0.2, 0.25) is 0 Å². The zero-order chi connectivity index (χ0) is 10.7. The first-order chi connectivity index (χ1) is 6.56. The molecule has 0 aliphatic rings. The smallest absolute Gasteiger partial charge is 0.100 e. The molecule has 74 valence electrons. The monoisotopic (exact) mass is 252 g/mol. The van der Waals surface area contributed by atoms with Crippen LogP contribution in [0.15, 0.2) is 22.7 Å². The first-order valence-corrected chi connectivity index (χ1v) is 5.30. The molecule has 0 heterocycles. The average Bonchev–Trinajstić information content (AvgIpc) is 2.16. The van der Waals surface area contributed by atoms with Crippen LogP contribution in [0.25, 0.3) is 0 Å². The van der Waals surface area contributed by atoms with Crippen LogP contribution in [-0.4, -0.2) is 0 Å². The Labute approximate surface area is 92.9 Å². The van der Waals surface area contributed by atoms with E-state index >= 15 is 0 Å². The van der Waals surface area contributed by atoms with E-state index in [1.54, 1.807) is 6.07 Å². The van der Waals surface area contributed by atoms with E-state index in [0.717, 1.165) is 10.0 Å². The van der Waals surface area contributed by atoms with Gasteiger partial charge in [-0.25, -0.2) is 0 Å². The first-order valence-electron chi connectivity index (χ1n) is 4.51. The Kier molecular flexibility index (Phi) is 3.68. The fourth-order valence-electron chi connectivity index (χ4n) is 1.21. The van der Waals surface area contributed by atoms with Crippen molar-refractivity contribution < 1.29 is 0 Å². The molecule has 0 saturated heterocycles. The van der Waals surface area contributed by atoms with Crippen LogP contribution < -0.4 is 5.73 Å². The number of halogens is 1. The van der Waals surface area contributed by atoms with E-state index in [0.29, 0.717) is 11.5 Å². The van der Waals surface area contributed by atoms with Gasteiger partial charge in [-0.15, -0.1) is 0 Å². The average molecular weight is 253 g/mol. The maximum absolute atomic E-state index is 8.75. The fraction of sp³-hybridized carbons (Fsp3) is 0.364. The summed E-state index contributed by atoms with van der Waals surface area (Å²) in [5.74, 6) is 0.398. The van der Waals surface area contributed by atoms with Gasteiger partial charge in [-0.1, -0.05) is 19.9 Å². The van der Waals surface area contributed by atoms with Gasteiger partial charge >= 0.3 is 0 Å². The van der Waals surface area contributed by atoms with E-state index in [1.165, 1.54) is 0 Å². The zero-order valence-corrected chi connectivity index (χ0v) is 9.88. The largest absolute Gasteiger partial charge is 0.324 e. The molecule has 0 aliphatic heterocycles. The molecular weight excluding hydrogens is 240 g/mol. The van der Waals surface area contributed by atoms with E-state index in [9.17, 15) is 0 Å². The molecule has 0 amide bonds. The molecule has 0 bridgehead atoms. The number of rotatable bonds is 2. The van der Waals surface area contributed by atoms with Gasteiger partial charge < -0.3 is 5.73 Å². The van der Waals surface area contributed by atoms with Crippen molar-refractivity contribution in [3.05, 3.63) is 33.8 Å². The van der Waals surface area contributed by atoms with Crippen LogP contribution in [0.3, 0.4) is 0 Å². The normalized spacial score (nSPS) is 12.6. The Morgan fingerprint density at radius 3 is 2.50 bits per heavy atom. The Balaban J connectivity index is 3.04. The van der Waals surface area contributed by atoms with Crippen molar-refractivity contribution in [1.82, 2.24) is 0 Å². The summed E-state index contributed by atoms with van der Waals surface area (Å²) in [5, 5.41) is 8.75. The second kappa shape index (κ2) is 4.59. The van der Waals surface area contributed by atoms with E-state index in [4.69, 9.17) is 11.0 Å². The van der Waals surface area contributed by atoms with Crippen LogP contribution in [0.5, 0.6) is 0 Å². The second-order valence-corrected chi connectivity index (χ2v) is 4.48. The zero-order valence-electron chi connectivity index (χ0n) is 8.29. The van der Waals surface area contributed by atoms with Gasteiger partial charge in [0.15, 0.2) is 0 Å². The topological polar surface area (TPSA) is 49.8 Å². The summed E-state index contributed by atoms with van der Waals surface area (Å²) < 4.78 is 0.814. The summed E-state index contributed by atoms with van der Waals surface area (Å²) in [6.45, 7) is 4.16. The highest BCUT2D eigenvalue weighted by molar-refractivity contribution is 9.10. The van der Waals surface area contributed by atoms with E-state index in [-0.39, 0.29) is 6.04 Å². The Morgan fingerprint density at radius 2 is 2.07 bits per heavy atom. The van der Waals surface area contributed by atoms with E-state index in [2.05, 4.69) is 35.8 Å². The van der Waals surface area contributed by atoms with E-state index in [1.807, 2.05) is 12.1 Å². The second-order valence-electron chi connectivity index (χ2n) is 3.62. The van der Waals surface area contributed by atoms with Crippen LogP contribution in [0, 0.1) is 17.2 Å². The van der Waals surface area contributed by atoms with Crippen LogP contribution >= 0.6 is 15.9 Å². The van der Waals surface area contributed by atoms with Crippen LogP contribution in [0.4, 0.5) is 0 Å². The maximum Gasteiger partial charge on any atom is 0.100 e. The predicted molar refractivity (Wildman–Crippen MR) is 60.6 cm³/mol. The van der Waals surface area contributed by atoms with Gasteiger partial charge in [0.25, 0.3) is 0 Å². The molecule has 14 heavy (non-hydrogen) atoms. The molecule has 2 nitrogen and oxygen atoms in total. The predicted octanol–water partition coefficient (Wildman–Crippen LogP) is 2.98. The molecule has 0 spiro atoms. The molecule has 0 fully saturated rings. The first kappa shape index (κ1) is 11.2. The number of hydrogen-bond acceptors (Lipinski definition) is 2. The Hall–Kier alpha value is -0.850. The number of hydrogen-bond donors (Lipinski definition) is 1. The summed E-state index contributed by atoms with van der Waals surface area (Å²) in [7, 11) is 0. The van der Waals surface area contributed by atoms with Gasteiger partial charge in [-0.3, -0.25) is 0 Å². The van der Waals surface area contributed by atoms with Crippen molar-refractivity contribution in [2.24, 2.45) is 11.7 Å². The number of benzene rings is 1. The number of nitrogens with two attached hydrogens (primary N) is 1. The standard InChI is InChI=1S/C11H13BrN2/c1-7(2)11(14)8-3-4-9(6-13)10(12)5-8/h3-5,7,11H,14H2,1-2H3. The maximum atomic E-state index is 8.75.